The molecule has 0 saturated heterocycles. The molecule has 1 unspecified atom stereocenters. The smallest absolute Gasteiger partial charge is 0.178 e. The molecule has 5 heterocycles. The molecule has 0 aliphatic rings. The molecule has 11 heteroatoms. The largest absolute Gasteiger partial charge is 0.373 e. The fraction of sp³-hybridized carbons (Fsp3) is 0.207. The first kappa shape index (κ1) is 25.8. The number of aromatic amines is 2. The Labute approximate surface area is 232 Å². The first-order valence-electron chi connectivity index (χ1n) is 12.6. The van der Waals surface area contributed by atoms with Gasteiger partial charge in [0.05, 0.1) is 27.8 Å². The van der Waals surface area contributed by atoms with Crippen molar-refractivity contribution in [2.24, 2.45) is 5.41 Å². The number of Topliss-reactive ketones (excluding diaryl/α,β-unsaturated/α-hetero) is 1. The van der Waals surface area contributed by atoms with Gasteiger partial charge in [-0.15, -0.1) is 11.3 Å². The maximum Gasteiger partial charge on any atom is 0.178 e. The van der Waals surface area contributed by atoms with Crippen LogP contribution >= 0.6 is 11.3 Å². The topological polar surface area (TPSA) is 132 Å². The molecule has 0 saturated carbocycles. The number of rotatable bonds is 6. The van der Waals surface area contributed by atoms with Crippen LogP contribution in [0.2, 0.25) is 0 Å². The second kappa shape index (κ2) is 9.61. The molecule has 5 aromatic heterocycles. The van der Waals surface area contributed by atoms with E-state index in [2.05, 4.69) is 35.5 Å². The lowest BCUT2D eigenvalue weighted by molar-refractivity contribution is 0.0880. The lowest BCUT2D eigenvalue weighted by Gasteiger charge is -2.27. The fourth-order valence-corrected chi connectivity index (χ4v) is 5.31. The minimum atomic E-state index is -0.813. The Morgan fingerprint density at radius 3 is 2.70 bits per heavy atom. The van der Waals surface area contributed by atoms with Crippen molar-refractivity contribution < 1.29 is 14.3 Å². The molecule has 6 aromatic rings. The van der Waals surface area contributed by atoms with E-state index in [1.807, 2.05) is 39.0 Å². The predicted octanol–water partition coefficient (Wildman–Crippen LogP) is 6.41. The van der Waals surface area contributed by atoms with Crippen LogP contribution in [-0.4, -0.2) is 47.3 Å². The average Bonchev–Trinajstić information content (AvgIpc) is 3.65. The van der Waals surface area contributed by atoms with Gasteiger partial charge < -0.3 is 15.4 Å². The number of nitrogens with zero attached hydrogens (tertiary/aromatic N) is 4. The number of carbonyl (C=O) groups is 1. The van der Waals surface area contributed by atoms with Gasteiger partial charge in [0.25, 0.3) is 0 Å². The Kier molecular flexibility index (Phi) is 6.20. The zero-order valence-corrected chi connectivity index (χ0v) is 23.0. The third-order valence-electron chi connectivity index (χ3n) is 6.66. The van der Waals surface area contributed by atoms with Gasteiger partial charge in [0.15, 0.2) is 17.3 Å². The predicted molar refractivity (Wildman–Crippen MR) is 155 cm³/mol. The van der Waals surface area contributed by atoms with Crippen molar-refractivity contribution in [3.05, 3.63) is 65.7 Å². The van der Waals surface area contributed by atoms with E-state index < -0.39 is 17.5 Å². The monoisotopic (exact) mass is 555 g/mol. The van der Waals surface area contributed by atoms with Crippen molar-refractivity contribution in [2.75, 3.05) is 5.32 Å². The van der Waals surface area contributed by atoms with Gasteiger partial charge in [0, 0.05) is 50.8 Å². The van der Waals surface area contributed by atoms with E-state index >= 15 is 4.39 Å². The molecule has 9 nitrogen and oxygen atoms in total. The Morgan fingerprint density at radius 2 is 1.95 bits per heavy atom. The number of carbonyl (C=O) groups excluding carboxylic acids is 1. The van der Waals surface area contributed by atoms with Gasteiger partial charge in [-0.2, -0.15) is 5.10 Å². The van der Waals surface area contributed by atoms with E-state index in [0.717, 1.165) is 10.4 Å². The van der Waals surface area contributed by atoms with Crippen LogP contribution in [0.3, 0.4) is 0 Å². The van der Waals surface area contributed by atoms with Crippen LogP contribution in [0.4, 0.5) is 10.1 Å². The zero-order valence-electron chi connectivity index (χ0n) is 22.2. The number of fused-ring (bicyclic) bond motifs is 2. The highest BCUT2D eigenvalue weighted by Crippen LogP contribution is 2.36. The van der Waals surface area contributed by atoms with E-state index in [0.29, 0.717) is 55.3 Å². The number of benzene rings is 1. The van der Waals surface area contributed by atoms with Crippen LogP contribution < -0.4 is 5.32 Å². The third kappa shape index (κ3) is 4.63. The SMILES string of the molecule is CC(=O)c1ccc(-c2ccnc3nc(-c4n[nH]c5cc(F)c(-c6cncc(NC(O)C(C)(C)C)c6)cc45)[nH]c23)s1. The minimum Gasteiger partial charge on any atom is -0.373 e. The van der Waals surface area contributed by atoms with E-state index in [1.165, 1.54) is 17.4 Å². The molecule has 1 aromatic carbocycles. The van der Waals surface area contributed by atoms with Gasteiger partial charge in [0.1, 0.15) is 17.7 Å². The Hall–Kier alpha value is -4.48. The van der Waals surface area contributed by atoms with E-state index in [4.69, 9.17) is 0 Å². The molecule has 40 heavy (non-hydrogen) atoms. The summed E-state index contributed by atoms with van der Waals surface area (Å²) in [5, 5.41) is 21.5. The van der Waals surface area contributed by atoms with E-state index in [-0.39, 0.29) is 5.78 Å². The number of pyridine rings is 2. The number of halogens is 1. The zero-order chi connectivity index (χ0) is 28.2. The third-order valence-corrected chi connectivity index (χ3v) is 7.88. The van der Waals surface area contributed by atoms with Gasteiger partial charge in [-0.3, -0.25) is 14.9 Å². The second-order valence-corrected chi connectivity index (χ2v) is 11.8. The minimum absolute atomic E-state index is 0.0137. The average molecular weight is 556 g/mol. The van der Waals surface area contributed by atoms with Crippen LogP contribution in [0.5, 0.6) is 0 Å². The Bertz CT molecular complexity index is 1900. The standard InChI is InChI=1S/C29H26FN7O2S/c1-14(38)22-5-6-23(40-22)17-7-8-32-26-24(17)34-27(35-26)25-19-10-18(20(30)11-21(19)36-37-25)15-9-16(13-31-12-15)33-28(39)29(2,3)4/h5-13,28,33,39H,1-4H3,(H,36,37)(H,32,34,35). The van der Waals surface area contributed by atoms with Crippen molar-refractivity contribution >= 4 is 44.9 Å². The number of imidazole rings is 1. The maximum absolute atomic E-state index is 15.3. The molecule has 0 radical (unpaired) electrons. The number of thiophene rings is 1. The quantitative estimate of drug-likeness (QED) is 0.138. The Balaban J connectivity index is 1.41. The van der Waals surface area contributed by atoms with Crippen LogP contribution in [0.15, 0.2) is 55.0 Å². The summed E-state index contributed by atoms with van der Waals surface area (Å²) in [5.74, 6) is 0.0503. The van der Waals surface area contributed by atoms with E-state index in [9.17, 15) is 9.90 Å². The highest BCUT2D eigenvalue weighted by molar-refractivity contribution is 7.17. The summed E-state index contributed by atoms with van der Waals surface area (Å²) in [6.45, 7) is 7.28. The number of hydrogen-bond donors (Lipinski definition) is 4. The van der Waals surface area contributed by atoms with Crippen LogP contribution in [0.1, 0.15) is 37.4 Å². The summed E-state index contributed by atoms with van der Waals surface area (Å²) in [6.07, 6.45) is 4.03. The number of H-pyrrole nitrogens is 2. The molecule has 1 atom stereocenters. The molecule has 0 aliphatic carbocycles. The molecular weight excluding hydrogens is 529 g/mol. The van der Waals surface area contributed by atoms with Crippen molar-refractivity contribution in [1.29, 1.82) is 0 Å². The summed E-state index contributed by atoms with van der Waals surface area (Å²) in [7, 11) is 0. The number of nitrogens with one attached hydrogen (secondary N) is 3. The molecule has 202 valence electrons. The molecule has 0 fully saturated rings. The summed E-state index contributed by atoms with van der Waals surface area (Å²) in [5.41, 5.74) is 4.18. The number of ketones is 1. The van der Waals surface area contributed by atoms with Gasteiger partial charge in [0.2, 0.25) is 0 Å². The summed E-state index contributed by atoms with van der Waals surface area (Å²) >= 11 is 1.41. The molecule has 4 N–H and O–H groups in total. The lowest BCUT2D eigenvalue weighted by Crippen LogP contribution is -2.33. The molecular formula is C29H26FN7O2S. The number of anilines is 1. The number of aliphatic hydroxyl groups is 1. The summed E-state index contributed by atoms with van der Waals surface area (Å²) < 4.78 is 15.3. The second-order valence-electron chi connectivity index (χ2n) is 10.7. The fourth-order valence-electron chi connectivity index (χ4n) is 4.38. The van der Waals surface area contributed by atoms with Gasteiger partial charge in [-0.25, -0.2) is 14.4 Å². The van der Waals surface area contributed by atoms with Crippen LogP contribution in [0, 0.1) is 11.2 Å². The molecule has 6 rings (SSSR count). The highest BCUT2D eigenvalue weighted by atomic mass is 32.1. The Morgan fingerprint density at radius 1 is 1.12 bits per heavy atom. The van der Waals surface area contributed by atoms with Crippen molar-refractivity contribution in [3.8, 4) is 33.1 Å². The molecule has 0 bridgehead atoms. The van der Waals surface area contributed by atoms with Crippen molar-refractivity contribution in [2.45, 2.75) is 33.9 Å². The van der Waals surface area contributed by atoms with E-state index in [1.54, 1.807) is 37.6 Å². The molecule has 0 amide bonds. The van der Waals surface area contributed by atoms with Crippen LogP contribution in [0.25, 0.3) is 55.2 Å². The van der Waals surface area contributed by atoms with Gasteiger partial charge in [-0.05, 0) is 37.3 Å². The molecule has 0 aliphatic heterocycles. The van der Waals surface area contributed by atoms with Gasteiger partial charge >= 0.3 is 0 Å². The van der Waals surface area contributed by atoms with Gasteiger partial charge in [-0.1, -0.05) is 20.8 Å². The number of hydrogen-bond acceptors (Lipinski definition) is 8. The normalized spacial score (nSPS) is 12.8. The van der Waals surface area contributed by atoms with Crippen LogP contribution in [-0.2, 0) is 0 Å². The highest BCUT2D eigenvalue weighted by Gasteiger charge is 2.23. The summed E-state index contributed by atoms with van der Waals surface area (Å²) in [6, 6.07) is 10.5. The lowest BCUT2D eigenvalue weighted by atomic mass is 9.94. The van der Waals surface area contributed by atoms with Crippen molar-refractivity contribution in [1.82, 2.24) is 30.1 Å². The first-order chi connectivity index (χ1) is 19.1. The van der Waals surface area contributed by atoms with Crippen molar-refractivity contribution in [3.63, 3.8) is 0 Å². The maximum atomic E-state index is 15.3. The number of aromatic nitrogens is 6. The number of aliphatic hydroxyl groups excluding tert-OH is 1. The molecule has 0 spiro atoms. The first-order valence-corrected chi connectivity index (χ1v) is 13.4. The summed E-state index contributed by atoms with van der Waals surface area (Å²) in [4.78, 5) is 30.1.